The van der Waals surface area contributed by atoms with Crippen LogP contribution in [0.3, 0.4) is 0 Å². The molecule has 1 atom stereocenters. The van der Waals surface area contributed by atoms with Gasteiger partial charge in [0.2, 0.25) is 0 Å². The standard InChI is InChI=1S/C16H22F3NO/c1-12-2-4-13(5-3-12)15(21)8-11-20-9-6-14(7-10-20)16(17,18)19/h2-5,14-15,21H,6-11H2,1H3. The smallest absolute Gasteiger partial charge is 0.388 e. The normalized spacial score (nSPS) is 19.7. The van der Waals surface area contributed by atoms with Gasteiger partial charge in [-0.2, -0.15) is 13.2 Å². The Labute approximate surface area is 123 Å². The Morgan fingerprint density at radius 3 is 2.29 bits per heavy atom. The summed E-state index contributed by atoms with van der Waals surface area (Å²) >= 11 is 0. The van der Waals surface area contributed by atoms with Gasteiger partial charge in [-0.15, -0.1) is 0 Å². The number of aryl methyl sites for hydroxylation is 1. The molecule has 5 heteroatoms. The number of nitrogens with zero attached hydrogens (tertiary/aromatic N) is 1. The van der Waals surface area contributed by atoms with Gasteiger partial charge in [-0.05, 0) is 44.8 Å². The highest BCUT2D eigenvalue weighted by Crippen LogP contribution is 2.34. The van der Waals surface area contributed by atoms with E-state index in [1.807, 2.05) is 36.1 Å². The lowest BCUT2D eigenvalue weighted by Gasteiger charge is -2.33. The van der Waals surface area contributed by atoms with Gasteiger partial charge in [0.25, 0.3) is 0 Å². The van der Waals surface area contributed by atoms with E-state index in [2.05, 4.69) is 0 Å². The molecule has 118 valence electrons. The third-order valence-electron chi connectivity index (χ3n) is 4.23. The molecule has 1 aliphatic heterocycles. The van der Waals surface area contributed by atoms with Crippen LogP contribution in [-0.4, -0.2) is 35.8 Å². The maximum absolute atomic E-state index is 12.6. The van der Waals surface area contributed by atoms with Crippen LogP contribution in [0.15, 0.2) is 24.3 Å². The molecule has 1 aromatic rings. The molecule has 1 heterocycles. The summed E-state index contributed by atoms with van der Waals surface area (Å²) in [6.45, 7) is 3.55. The number of aliphatic hydroxyl groups excluding tert-OH is 1. The summed E-state index contributed by atoms with van der Waals surface area (Å²) in [7, 11) is 0. The molecule has 1 N–H and O–H groups in total. The fraction of sp³-hybridized carbons (Fsp3) is 0.625. The van der Waals surface area contributed by atoms with Gasteiger partial charge in [-0.25, -0.2) is 0 Å². The minimum atomic E-state index is -4.06. The van der Waals surface area contributed by atoms with E-state index in [9.17, 15) is 18.3 Å². The van der Waals surface area contributed by atoms with Crippen LogP contribution in [0.2, 0.25) is 0 Å². The molecule has 21 heavy (non-hydrogen) atoms. The van der Waals surface area contributed by atoms with Gasteiger partial charge < -0.3 is 10.0 Å². The van der Waals surface area contributed by atoms with Gasteiger partial charge in [0, 0.05) is 6.54 Å². The molecule has 0 aromatic heterocycles. The zero-order chi connectivity index (χ0) is 15.5. The van der Waals surface area contributed by atoms with E-state index in [4.69, 9.17) is 0 Å². The average Bonchev–Trinajstić information content (AvgIpc) is 2.45. The number of alkyl halides is 3. The van der Waals surface area contributed by atoms with Crippen LogP contribution in [0, 0.1) is 12.8 Å². The summed E-state index contributed by atoms with van der Waals surface area (Å²) in [6.07, 6.45) is -3.72. The van der Waals surface area contributed by atoms with Crippen molar-refractivity contribution in [1.29, 1.82) is 0 Å². The number of halogens is 3. The third-order valence-corrected chi connectivity index (χ3v) is 4.23. The van der Waals surface area contributed by atoms with E-state index < -0.39 is 18.2 Å². The zero-order valence-electron chi connectivity index (χ0n) is 12.2. The molecule has 0 radical (unpaired) electrons. The first kappa shape index (κ1) is 16.3. The topological polar surface area (TPSA) is 23.5 Å². The summed E-state index contributed by atoms with van der Waals surface area (Å²) in [5.41, 5.74) is 2.01. The maximum Gasteiger partial charge on any atom is 0.391 e. The van der Waals surface area contributed by atoms with Gasteiger partial charge in [0.05, 0.1) is 12.0 Å². The molecule has 1 aliphatic rings. The van der Waals surface area contributed by atoms with Crippen LogP contribution < -0.4 is 0 Å². The van der Waals surface area contributed by atoms with E-state index in [-0.39, 0.29) is 12.8 Å². The highest BCUT2D eigenvalue weighted by molar-refractivity contribution is 5.23. The van der Waals surface area contributed by atoms with Crippen molar-refractivity contribution < 1.29 is 18.3 Å². The number of rotatable bonds is 4. The largest absolute Gasteiger partial charge is 0.391 e. The van der Waals surface area contributed by atoms with Gasteiger partial charge in [-0.3, -0.25) is 0 Å². The number of aliphatic hydroxyl groups is 1. The van der Waals surface area contributed by atoms with Gasteiger partial charge >= 0.3 is 6.18 Å². The molecule has 1 aromatic carbocycles. The molecular formula is C16H22F3NO. The number of hydrogen-bond acceptors (Lipinski definition) is 2. The lowest BCUT2D eigenvalue weighted by molar-refractivity contribution is -0.185. The zero-order valence-corrected chi connectivity index (χ0v) is 12.2. The lowest BCUT2D eigenvalue weighted by Crippen LogP contribution is -2.39. The van der Waals surface area contributed by atoms with Crippen molar-refractivity contribution in [3.63, 3.8) is 0 Å². The van der Waals surface area contributed by atoms with Crippen LogP contribution >= 0.6 is 0 Å². The fourth-order valence-corrected chi connectivity index (χ4v) is 2.74. The maximum atomic E-state index is 12.6. The SMILES string of the molecule is Cc1ccc(C(O)CCN2CCC(C(F)(F)F)CC2)cc1. The molecule has 0 saturated carbocycles. The Hall–Kier alpha value is -1.07. The van der Waals surface area contributed by atoms with Crippen molar-refractivity contribution in [2.24, 2.45) is 5.92 Å². The van der Waals surface area contributed by atoms with Gasteiger partial charge in [-0.1, -0.05) is 29.8 Å². The number of benzene rings is 1. The quantitative estimate of drug-likeness (QED) is 0.917. The molecular weight excluding hydrogens is 279 g/mol. The third kappa shape index (κ3) is 4.71. The van der Waals surface area contributed by atoms with E-state index >= 15 is 0 Å². The minimum Gasteiger partial charge on any atom is -0.388 e. The molecule has 0 spiro atoms. The second-order valence-electron chi connectivity index (χ2n) is 5.87. The highest BCUT2D eigenvalue weighted by atomic mass is 19.4. The van der Waals surface area contributed by atoms with E-state index in [0.717, 1.165) is 11.1 Å². The predicted octanol–water partition coefficient (Wildman–Crippen LogP) is 3.69. The second kappa shape index (κ2) is 6.79. The van der Waals surface area contributed by atoms with Crippen molar-refractivity contribution in [2.45, 2.75) is 38.5 Å². The van der Waals surface area contributed by atoms with Crippen LogP contribution in [0.25, 0.3) is 0 Å². The Bertz CT molecular complexity index is 436. The van der Waals surface area contributed by atoms with E-state index in [1.165, 1.54) is 0 Å². The molecule has 2 nitrogen and oxygen atoms in total. The summed E-state index contributed by atoms with van der Waals surface area (Å²) in [5, 5.41) is 10.1. The molecule has 1 fully saturated rings. The van der Waals surface area contributed by atoms with Crippen LogP contribution in [-0.2, 0) is 0 Å². The molecule has 2 rings (SSSR count). The average molecular weight is 301 g/mol. The summed E-state index contributed by atoms with van der Waals surface area (Å²) in [6, 6.07) is 7.70. The molecule has 1 saturated heterocycles. The number of hydrogen-bond donors (Lipinski definition) is 1. The lowest BCUT2D eigenvalue weighted by atomic mass is 9.96. The first-order valence-corrected chi connectivity index (χ1v) is 7.40. The Morgan fingerprint density at radius 2 is 1.76 bits per heavy atom. The number of piperidine rings is 1. The Balaban J connectivity index is 1.76. The summed E-state index contributed by atoms with van der Waals surface area (Å²) in [5.74, 6) is -1.16. The molecule has 0 amide bonds. The fourth-order valence-electron chi connectivity index (χ4n) is 2.74. The van der Waals surface area contributed by atoms with Crippen LogP contribution in [0.4, 0.5) is 13.2 Å². The number of likely N-dealkylation sites (tertiary alicyclic amines) is 1. The molecule has 0 aliphatic carbocycles. The van der Waals surface area contributed by atoms with E-state index in [0.29, 0.717) is 26.1 Å². The minimum absolute atomic E-state index is 0.171. The van der Waals surface area contributed by atoms with Crippen molar-refractivity contribution >= 4 is 0 Å². The Kier molecular flexibility index (Phi) is 5.27. The van der Waals surface area contributed by atoms with Gasteiger partial charge in [0.15, 0.2) is 0 Å². The van der Waals surface area contributed by atoms with Crippen molar-refractivity contribution in [3.05, 3.63) is 35.4 Å². The van der Waals surface area contributed by atoms with Crippen LogP contribution in [0.5, 0.6) is 0 Å². The second-order valence-corrected chi connectivity index (χ2v) is 5.87. The predicted molar refractivity (Wildman–Crippen MR) is 76.0 cm³/mol. The van der Waals surface area contributed by atoms with Gasteiger partial charge in [0.1, 0.15) is 0 Å². The monoisotopic (exact) mass is 301 g/mol. The van der Waals surface area contributed by atoms with Crippen molar-refractivity contribution in [3.8, 4) is 0 Å². The first-order valence-electron chi connectivity index (χ1n) is 7.40. The van der Waals surface area contributed by atoms with E-state index in [1.54, 1.807) is 0 Å². The first-order chi connectivity index (χ1) is 9.86. The summed E-state index contributed by atoms with van der Waals surface area (Å²) in [4.78, 5) is 2.01. The Morgan fingerprint density at radius 1 is 1.19 bits per heavy atom. The summed E-state index contributed by atoms with van der Waals surface area (Å²) < 4.78 is 37.7. The molecule has 0 bridgehead atoms. The van der Waals surface area contributed by atoms with Crippen molar-refractivity contribution in [1.82, 2.24) is 4.90 Å². The highest BCUT2D eigenvalue weighted by Gasteiger charge is 2.40. The molecule has 1 unspecified atom stereocenters. The van der Waals surface area contributed by atoms with Crippen LogP contribution in [0.1, 0.15) is 36.5 Å². The van der Waals surface area contributed by atoms with Crippen molar-refractivity contribution in [2.75, 3.05) is 19.6 Å².